The molecule has 2 N–H and O–H groups in total. The summed E-state index contributed by atoms with van der Waals surface area (Å²) < 4.78 is 38.7. The van der Waals surface area contributed by atoms with Crippen LogP contribution in [0.25, 0.3) is 22.5 Å². The van der Waals surface area contributed by atoms with Crippen molar-refractivity contribution in [3.05, 3.63) is 82.1 Å². The van der Waals surface area contributed by atoms with Gasteiger partial charge < -0.3 is 14.6 Å². The lowest BCUT2D eigenvalue weighted by atomic mass is 9.85. The number of alkyl halides is 2. The first-order valence-electron chi connectivity index (χ1n) is 22.5. The van der Waals surface area contributed by atoms with E-state index in [0.717, 1.165) is 107 Å². The number of anilines is 1. The molecule has 6 heterocycles. The number of pyridine rings is 1. The van der Waals surface area contributed by atoms with E-state index in [2.05, 4.69) is 42.5 Å². The van der Waals surface area contributed by atoms with Gasteiger partial charge in [0.25, 0.3) is 12.3 Å². The quantitative estimate of drug-likeness (QED) is 0.109. The molecule has 2 saturated heterocycles. The topological polar surface area (TPSA) is 165 Å². The van der Waals surface area contributed by atoms with Gasteiger partial charge in [0.15, 0.2) is 11.4 Å². The Balaban J connectivity index is 0.728. The summed E-state index contributed by atoms with van der Waals surface area (Å²) in [5.74, 6) is 0.768. The number of hydrogen-bond acceptors (Lipinski definition) is 10. The molecule has 4 aromatic heterocycles. The van der Waals surface area contributed by atoms with Crippen LogP contribution in [0.5, 0.6) is 0 Å². The Morgan fingerprint density at radius 2 is 1.70 bits per heavy atom. The van der Waals surface area contributed by atoms with E-state index in [1.165, 1.54) is 29.9 Å². The number of benzene rings is 1. The van der Waals surface area contributed by atoms with Gasteiger partial charge in [0.05, 0.1) is 22.8 Å². The van der Waals surface area contributed by atoms with E-state index in [4.69, 9.17) is 4.42 Å². The van der Waals surface area contributed by atoms with Crippen molar-refractivity contribution >= 4 is 34.4 Å². The lowest BCUT2D eigenvalue weighted by molar-refractivity contribution is -0.135. The maximum atomic E-state index is 14.2. The highest BCUT2D eigenvalue weighted by atomic mass is 19.3. The van der Waals surface area contributed by atoms with E-state index < -0.39 is 30.0 Å². The lowest BCUT2D eigenvalue weighted by Crippen LogP contribution is -2.44. The molecular weight excluding hydrogens is 811 g/mol. The number of fused-ring (bicyclic) bond motifs is 1. The molecule has 2 aliphatic carbocycles. The van der Waals surface area contributed by atoms with Crippen molar-refractivity contribution in [3.8, 4) is 11.5 Å². The number of imidazole rings is 1. The molecule has 4 aliphatic rings. The summed E-state index contributed by atoms with van der Waals surface area (Å²) in [5.41, 5.74) is 3.49. The molecule has 0 radical (unpaired) electrons. The van der Waals surface area contributed by atoms with Crippen molar-refractivity contribution in [2.24, 2.45) is 24.8 Å². The number of oxazole rings is 1. The second kappa shape index (κ2) is 18.3. The molecule has 0 spiro atoms. The number of rotatable bonds is 15. The van der Waals surface area contributed by atoms with Crippen molar-refractivity contribution in [3.63, 3.8) is 0 Å². The maximum Gasteiger partial charge on any atom is 0.329 e. The Hall–Kier alpha value is -5.55. The first-order valence-corrected chi connectivity index (χ1v) is 22.5. The molecule has 0 bridgehead atoms. The fourth-order valence-electron chi connectivity index (χ4n) is 9.92. The molecule has 2 saturated carbocycles. The van der Waals surface area contributed by atoms with Gasteiger partial charge in [-0.15, -0.1) is 0 Å². The van der Waals surface area contributed by atoms with Gasteiger partial charge in [-0.2, -0.15) is 5.10 Å². The van der Waals surface area contributed by atoms with Gasteiger partial charge in [-0.25, -0.2) is 18.6 Å². The maximum absolute atomic E-state index is 14.2. The van der Waals surface area contributed by atoms with Crippen molar-refractivity contribution < 1.29 is 27.6 Å². The fraction of sp³-hybridized carbons (Fsp3) is 0.543. The minimum atomic E-state index is -2.86. The number of piperidine rings is 2. The molecule has 4 fully saturated rings. The predicted octanol–water partition coefficient (Wildman–Crippen LogP) is 6.67. The van der Waals surface area contributed by atoms with Crippen LogP contribution in [0.3, 0.4) is 0 Å². The van der Waals surface area contributed by atoms with Gasteiger partial charge in [-0.3, -0.25) is 43.4 Å². The lowest BCUT2D eigenvalue weighted by Gasteiger charge is -2.36. The molecule has 3 amide bonds. The number of carbonyl (C=O) groups is 3. The molecule has 63 heavy (non-hydrogen) atoms. The minimum Gasteiger partial charge on any atom is -0.444 e. The molecule has 5 aromatic rings. The first-order chi connectivity index (χ1) is 30.4. The van der Waals surface area contributed by atoms with E-state index in [9.17, 15) is 28.0 Å². The van der Waals surface area contributed by atoms with Crippen molar-refractivity contribution in [2.75, 3.05) is 38.5 Å². The first kappa shape index (κ1) is 42.7. The van der Waals surface area contributed by atoms with Gasteiger partial charge in [-0.05, 0) is 126 Å². The Labute approximate surface area is 364 Å². The van der Waals surface area contributed by atoms with Crippen LogP contribution in [0.1, 0.15) is 117 Å². The predicted molar refractivity (Wildman–Crippen MR) is 231 cm³/mol. The highest BCUT2D eigenvalue weighted by molar-refractivity contribution is 6.03. The van der Waals surface area contributed by atoms with E-state index >= 15 is 0 Å². The molecule has 2 aliphatic heterocycles. The summed E-state index contributed by atoms with van der Waals surface area (Å²) in [6.07, 6.45) is 12.4. The summed E-state index contributed by atoms with van der Waals surface area (Å²) in [5, 5.41) is 9.25. The third-order valence-corrected chi connectivity index (χ3v) is 13.6. The number of imide groups is 1. The largest absolute Gasteiger partial charge is 0.444 e. The average molecular weight is 867 g/mol. The molecule has 1 aromatic carbocycles. The third kappa shape index (κ3) is 9.69. The van der Waals surface area contributed by atoms with Gasteiger partial charge >= 0.3 is 5.69 Å². The van der Waals surface area contributed by atoms with E-state index in [-0.39, 0.29) is 41.3 Å². The van der Waals surface area contributed by atoms with E-state index in [0.29, 0.717) is 29.3 Å². The standard InChI is InChI=1S/C46H56F2N10O5/c1-54(24-30-16-19-56(20-17-30)25-31-8-12-37-39(21-31)55(2)46(62)58(37)38-13-14-40(59)52-44(38)61)23-29-6-10-34(11-7-29)57-26-35(41(53-57)42(47)48)50-43(60)36-27-63-45(51-36)32-15-18-49-33(22-32)9-5-28-3-4-28/h8,12,15,18,21-22,26-30,34,38,42H,3-7,9-11,13-14,16-17,19-20,23-25H2,1-2H3,(H,50,60)(H,52,59,61). The third-order valence-electron chi connectivity index (χ3n) is 13.6. The van der Waals surface area contributed by atoms with Gasteiger partial charge in [-0.1, -0.05) is 18.9 Å². The zero-order valence-electron chi connectivity index (χ0n) is 36.0. The smallest absolute Gasteiger partial charge is 0.329 e. The number of carbonyl (C=O) groups excluding carboxylic acids is 3. The van der Waals surface area contributed by atoms with Crippen molar-refractivity contribution in [1.29, 1.82) is 0 Å². The second-order valence-corrected chi connectivity index (χ2v) is 18.3. The van der Waals surface area contributed by atoms with E-state index in [1.54, 1.807) is 28.6 Å². The number of aromatic nitrogens is 6. The number of nitrogens with one attached hydrogen (secondary N) is 2. The van der Waals surface area contributed by atoms with Crippen molar-refractivity contribution in [1.82, 2.24) is 44.0 Å². The summed E-state index contributed by atoms with van der Waals surface area (Å²) in [6.45, 7) is 4.74. The van der Waals surface area contributed by atoms with Crippen LogP contribution in [0.4, 0.5) is 14.5 Å². The minimum absolute atomic E-state index is 0.00453. The SMILES string of the molecule is CN(CC1CCC(n2cc(NC(=O)c3coc(-c4ccnc(CCC5CC5)c4)n3)c(C(F)F)n2)CC1)CC1CCN(Cc2ccc3c(c2)n(C)c(=O)n3C2CCC(=O)NC2=O)CC1. The fourth-order valence-corrected chi connectivity index (χ4v) is 9.92. The normalized spacial score (nSPS) is 21.5. The monoisotopic (exact) mass is 866 g/mol. The second-order valence-electron chi connectivity index (χ2n) is 18.3. The number of amides is 3. The zero-order chi connectivity index (χ0) is 43.8. The molecule has 334 valence electrons. The van der Waals surface area contributed by atoms with Crippen LogP contribution in [0.15, 0.2) is 58.2 Å². The van der Waals surface area contributed by atoms with Gasteiger partial charge in [0, 0.05) is 56.8 Å². The Morgan fingerprint density at radius 3 is 2.43 bits per heavy atom. The van der Waals surface area contributed by atoms with Crippen LogP contribution < -0.4 is 16.3 Å². The van der Waals surface area contributed by atoms with Gasteiger partial charge in [0.1, 0.15) is 12.3 Å². The number of aryl methyl sites for hydroxylation is 2. The molecule has 1 unspecified atom stereocenters. The Kier molecular flexibility index (Phi) is 12.4. The average Bonchev–Trinajstić information content (AvgIpc) is 3.69. The van der Waals surface area contributed by atoms with Crippen LogP contribution in [-0.4, -0.2) is 89.6 Å². The summed E-state index contributed by atoms with van der Waals surface area (Å²) >= 11 is 0. The molecule has 15 nitrogen and oxygen atoms in total. The number of nitrogens with zero attached hydrogens (tertiary/aromatic N) is 8. The van der Waals surface area contributed by atoms with Crippen LogP contribution >= 0.6 is 0 Å². The molecular formula is C46H56F2N10O5. The highest BCUT2D eigenvalue weighted by Crippen LogP contribution is 2.36. The summed E-state index contributed by atoms with van der Waals surface area (Å²) in [4.78, 5) is 64.4. The van der Waals surface area contributed by atoms with Gasteiger partial charge in [0.2, 0.25) is 17.7 Å². The van der Waals surface area contributed by atoms with Crippen LogP contribution in [0.2, 0.25) is 0 Å². The Morgan fingerprint density at radius 1 is 0.952 bits per heavy atom. The highest BCUT2D eigenvalue weighted by Gasteiger charge is 2.32. The Bertz CT molecular complexity index is 2520. The van der Waals surface area contributed by atoms with E-state index in [1.807, 2.05) is 24.3 Å². The number of likely N-dealkylation sites (tertiary alicyclic amines) is 1. The summed E-state index contributed by atoms with van der Waals surface area (Å²) in [7, 11) is 3.91. The zero-order valence-corrected chi connectivity index (χ0v) is 36.0. The summed E-state index contributed by atoms with van der Waals surface area (Å²) in [6, 6.07) is 8.95. The molecule has 9 rings (SSSR count). The number of hydrogen-bond donors (Lipinski definition) is 2. The van der Waals surface area contributed by atoms with Crippen molar-refractivity contribution in [2.45, 2.75) is 102 Å². The molecule has 17 heteroatoms. The van der Waals surface area contributed by atoms with Crippen LogP contribution in [0, 0.1) is 17.8 Å². The molecule has 1 atom stereocenters. The van der Waals surface area contributed by atoms with Crippen LogP contribution in [-0.2, 0) is 29.6 Å². The number of halogens is 2.